The van der Waals surface area contributed by atoms with Gasteiger partial charge >= 0.3 is 5.97 Å². The van der Waals surface area contributed by atoms with E-state index in [0.717, 1.165) is 16.0 Å². The van der Waals surface area contributed by atoms with Gasteiger partial charge in [-0.3, -0.25) is 0 Å². The second-order valence-corrected chi connectivity index (χ2v) is 5.73. The SMILES string of the molecule is Cc1cc(C)c(-c2sc(C(=O)O)cc2C)cc1C. The number of rotatable bonds is 2. The quantitative estimate of drug-likeness (QED) is 0.871. The fourth-order valence-electron chi connectivity index (χ4n) is 2.06. The number of benzene rings is 1. The van der Waals surface area contributed by atoms with Gasteiger partial charge in [0.25, 0.3) is 0 Å². The van der Waals surface area contributed by atoms with Crippen LogP contribution in [0.2, 0.25) is 0 Å². The highest BCUT2D eigenvalue weighted by Crippen LogP contribution is 2.35. The molecule has 0 aliphatic carbocycles. The molecular formula is C15H16O2S. The van der Waals surface area contributed by atoms with Crippen molar-refractivity contribution in [1.29, 1.82) is 0 Å². The van der Waals surface area contributed by atoms with Crippen molar-refractivity contribution in [1.82, 2.24) is 0 Å². The van der Waals surface area contributed by atoms with Crippen LogP contribution in [0.1, 0.15) is 31.9 Å². The average molecular weight is 260 g/mol. The van der Waals surface area contributed by atoms with Crippen LogP contribution in [0.4, 0.5) is 0 Å². The monoisotopic (exact) mass is 260 g/mol. The van der Waals surface area contributed by atoms with E-state index in [0.29, 0.717) is 4.88 Å². The highest BCUT2D eigenvalue weighted by Gasteiger charge is 2.14. The molecule has 3 heteroatoms. The second-order valence-electron chi connectivity index (χ2n) is 4.68. The third-order valence-corrected chi connectivity index (χ3v) is 4.47. The minimum Gasteiger partial charge on any atom is -0.477 e. The number of aryl methyl sites for hydroxylation is 4. The Bertz CT molecular complexity index is 624. The van der Waals surface area contributed by atoms with Crippen molar-refractivity contribution in [2.75, 3.05) is 0 Å². The van der Waals surface area contributed by atoms with Gasteiger partial charge in [-0.1, -0.05) is 12.1 Å². The predicted octanol–water partition coefficient (Wildman–Crippen LogP) is 4.35. The van der Waals surface area contributed by atoms with Crippen LogP contribution < -0.4 is 0 Å². The van der Waals surface area contributed by atoms with Crippen molar-refractivity contribution in [2.24, 2.45) is 0 Å². The second kappa shape index (κ2) is 4.58. The average Bonchev–Trinajstić information content (AvgIpc) is 2.66. The molecule has 2 nitrogen and oxygen atoms in total. The predicted molar refractivity (Wildman–Crippen MR) is 75.7 cm³/mol. The van der Waals surface area contributed by atoms with Crippen LogP contribution in [0.3, 0.4) is 0 Å². The molecule has 1 aromatic carbocycles. The van der Waals surface area contributed by atoms with E-state index in [9.17, 15) is 4.79 Å². The van der Waals surface area contributed by atoms with Crippen LogP contribution in [-0.4, -0.2) is 11.1 Å². The van der Waals surface area contributed by atoms with Crippen LogP contribution in [0.15, 0.2) is 18.2 Å². The Kier molecular flexibility index (Phi) is 3.26. The largest absolute Gasteiger partial charge is 0.477 e. The number of hydrogen-bond acceptors (Lipinski definition) is 2. The summed E-state index contributed by atoms with van der Waals surface area (Å²) >= 11 is 1.35. The van der Waals surface area contributed by atoms with Crippen molar-refractivity contribution in [3.63, 3.8) is 0 Å². The van der Waals surface area contributed by atoms with Crippen LogP contribution >= 0.6 is 11.3 Å². The van der Waals surface area contributed by atoms with Crippen molar-refractivity contribution in [3.05, 3.63) is 45.3 Å². The number of carboxylic acid groups (broad SMARTS) is 1. The van der Waals surface area contributed by atoms with Gasteiger partial charge in [-0.15, -0.1) is 11.3 Å². The van der Waals surface area contributed by atoms with Gasteiger partial charge in [-0.25, -0.2) is 4.79 Å². The van der Waals surface area contributed by atoms with E-state index in [2.05, 4.69) is 32.9 Å². The Morgan fingerprint density at radius 3 is 2.11 bits per heavy atom. The number of carboxylic acids is 1. The van der Waals surface area contributed by atoms with E-state index in [-0.39, 0.29) is 0 Å². The van der Waals surface area contributed by atoms with Gasteiger partial charge in [0, 0.05) is 4.88 Å². The maximum absolute atomic E-state index is 11.0. The molecule has 18 heavy (non-hydrogen) atoms. The summed E-state index contributed by atoms with van der Waals surface area (Å²) in [6.07, 6.45) is 0. The first-order valence-electron chi connectivity index (χ1n) is 5.82. The molecule has 1 aromatic heterocycles. The van der Waals surface area contributed by atoms with Crippen molar-refractivity contribution in [3.8, 4) is 10.4 Å². The summed E-state index contributed by atoms with van der Waals surface area (Å²) in [6, 6.07) is 6.05. The molecule has 0 amide bonds. The summed E-state index contributed by atoms with van der Waals surface area (Å²) in [5, 5.41) is 9.05. The third kappa shape index (κ3) is 2.18. The molecule has 0 aliphatic heterocycles. The Morgan fingerprint density at radius 2 is 1.56 bits per heavy atom. The Hall–Kier alpha value is -1.61. The van der Waals surface area contributed by atoms with Crippen molar-refractivity contribution < 1.29 is 9.90 Å². The van der Waals surface area contributed by atoms with Crippen LogP contribution in [-0.2, 0) is 0 Å². The van der Waals surface area contributed by atoms with Gasteiger partial charge in [0.2, 0.25) is 0 Å². The molecule has 0 aliphatic rings. The zero-order valence-corrected chi connectivity index (χ0v) is 11.8. The molecule has 2 aromatic rings. The Labute approximate surface area is 111 Å². The smallest absolute Gasteiger partial charge is 0.345 e. The molecule has 1 heterocycles. The minimum absolute atomic E-state index is 0.403. The Balaban J connectivity index is 2.62. The summed E-state index contributed by atoms with van der Waals surface area (Å²) in [5.74, 6) is -0.851. The van der Waals surface area contributed by atoms with E-state index in [1.54, 1.807) is 6.07 Å². The maximum atomic E-state index is 11.0. The van der Waals surface area contributed by atoms with Gasteiger partial charge in [0.05, 0.1) is 0 Å². The highest BCUT2D eigenvalue weighted by molar-refractivity contribution is 7.17. The van der Waals surface area contributed by atoms with Gasteiger partial charge in [-0.2, -0.15) is 0 Å². The van der Waals surface area contributed by atoms with Gasteiger partial charge < -0.3 is 5.11 Å². The zero-order chi connectivity index (χ0) is 13.4. The van der Waals surface area contributed by atoms with Gasteiger partial charge in [0.15, 0.2) is 0 Å². The third-order valence-electron chi connectivity index (χ3n) is 3.21. The minimum atomic E-state index is -0.851. The number of carbonyl (C=O) groups is 1. The van der Waals surface area contributed by atoms with Crippen LogP contribution in [0.5, 0.6) is 0 Å². The Morgan fingerprint density at radius 1 is 0.944 bits per heavy atom. The molecule has 0 bridgehead atoms. The lowest BCUT2D eigenvalue weighted by Gasteiger charge is -2.09. The van der Waals surface area contributed by atoms with Crippen molar-refractivity contribution >= 4 is 17.3 Å². The first-order chi connectivity index (χ1) is 8.40. The maximum Gasteiger partial charge on any atom is 0.345 e. The van der Waals surface area contributed by atoms with Gasteiger partial charge in [-0.05, 0) is 61.6 Å². The standard InChI is InChI=1S/C15H16O2S/c1-8-5-10(3)12(6-9(8)2)14-11(4)7-13(18-14)15(16)17/h5-7H,1-4H3,(H,16,17). The molecule has 2 rings (SSSR count). The van der Waals surface area contributed by atoms with E-state index in [1.165, 1.54) is 28.0 Å². The summed E-state index contributed by atoms with van der Waals surface area (Å²) in [6.45, 7) is 8.21. The lowest BCUT2D eigenvalue weighted by molar-refractivity contribution is 0.0702. The summed E-state index contributed by atoms with van der Waals surface area (Å²) in [4.78, 5) is 12.5. The summed E-state index contributed by atoms with van der Waals surface area (Å²) in [5.41, 5.74) is 5.88. The van der Waals surface area contributed by atoms with Crippen LogP contribution in [0, 0.1) is 27.7 Å². The molecule has 0 saturated heterocycles. The van der Waals surface area contributed by atoms with E-state index >= 15 is 0 Å². The lowest BCUT2D eigenvalue weighted by Crippen LogP contribution is -1.89. The van der Waals surface area contributed by atoms with E-state index < -0.39 is 5.97 Å². The molecule has 1 N–H and O–H groups in total. The lowest BCUT2D eigenvalue weighted by atomic mass is 9.98. The zero-order valence-electron chi connectivity index (χ0n) is 11.0. The van der Waals surface area contributed by atoms with E-state index in [1.807, 2.05) is 6.92 Å². The molecule has 0 saturated carbocycles. The number of aromatic carboxylic acids is 1. The topological polar surface area (TPSA) is 37.3 Å². The molecule has 0 radical (unpaired) electrons. The van der Waals surface area contributed by atoms with Crippen molar-refractivity contribution in [2.45, 2.75) is 27.7 Å². The first kappa shape index (κ1) is 12.8. The number of thiophene rings is 1. The molecule has 0 spiro atoms. The van der Waals surface area contributed by atoms with Gasteiger partial charge in [0.1, 0.15) is 4.88 Å². The molecule has 0 unspecified atom stereocenters. The summed E-state index contributed by atoms with van der Waals surface area (Å²) in [7, 11) is 0. The molecule has 0 atom stereocenters. The van der Waals surface area contributed by atoms with Crippen LogP contribution in [0.25, 0.3) is 10.4 Å². The molecule has 94 valence electrons. The molecule has 0 fully saturated rings. The normalized spacial score (nSPS) is 10.7. The highest BCUT2D eigenvalue weighted by atomic mass is 32.1. The fraction of sp³-hybridized carbons (Fsp3) is 0.267. The fourth-order valence-corrected chi connectivity index (χ4v) is 3.15. The first-order valence-corrected chi connectivity index (χ1v) is 6.63. The van der Waals surface area contributed by atoms with E-state index in [4.69, 9.17) is 5.11 Å². The number of hydrogen-bond donors (Lipinski definition) is 1. The summed E-state index contributed by atoms with van der Waals surface area (Å²) < 4.78 is 0. The molecular weight excluding hydrogens is 244 g/mol.